The molecular formula is C16H20N4O4. The first kappa shape index (κ1) is 16.4. The molecule has 0 bridgehead atoms. The van der Waals surface area contributed by atoms with Gasteiger partial charge in [-0.2, -0.15) is 4.98 Å². The van der Waals surface area contributed by atoms with E-state index in [-0.39, 0.29) is 11.8 Å². The number of piperidine rings is 1. The number of aromatic nitrogens is 3. The molecule has 0 aromatic carbocycles. The molecule has 0 spiro atoms. The molecule has 0 saturated carbocycles. The first-order valence-corrected chi connectivity index (χ1v) is 7.82. The lowest BCUT2D eigenvalue weighted by molar-refractivity contribution is 0.0703. The maximum absolute atomic E-state index is 12.6. The SMILES string of the molecule is COCc1nc(C2CCCN(C(=O)c3ccc(OC)nc3)C2)no1. The summed E-state index contributed by atoms with van der Waals surface area (Å²) in [6.07, 6.45) is 3.36. The van der Waals surface area contributed by atoms with Crippen LogP contribution in [0.3, 0.4) is 0 Å². The van der Waals surface area contributed by atoms with Crippen LogP contribution in [0.25, 0.3) is 0 Å². The third-order valence-electron chi connectivity index (χ3n) is 4.02. The summed E-state index contributed by atoms with van der Waals surface area (Å²) in [5.41, 5.74) is 0.546. The Bertz CT molecular complexity index is 686. The summed E-state index contributed by atoms with van der Waals surface area (Å²) in [4.78, 5) is 22.9. The van der Waals surface area contributed by atoms with E-state index < -0.39 is 0 Å². The van der Waals surface area contributed by atoms with Crippen LogP contribution in [0.1, 0.15) is 40.8 Å². The maximum Gasteiger partial charge on any atom is 0.255 e. The lowest BCUT2D eigenvalue weighted by Gasteiger charge is -2.31. The highest BCUT2D eigenvalue weighted by atomic mass is 16.5. The van der Waals surface area contributed by atoms with Crippen molar-refractivity contribution in [3.8, 4) is 5.88 Å². The molecule has 1 amide bonds. The van der Waals surface area contributed by atoms with Gasteiger partial charge in [-0.15, -0.1) is 0 Å². The molecule has 1 aliphatic heterocycles. The number of carbonyl (C=O) groups excluding carboxylic acids is 1. The van der Waals surface area contributed by atoms with E-state index in [9.17, 15) is 4.79 Å². The van der Waals surface area contributed by atoms with Crippen molar-refractivity contribution < 1.29 is 18.8 Å². The molecular weight excluding hydrogens is 312 g/mol. The number of ether oxygens (including phenoxy) is 2. The fourth-order valence-electron chi connectivity index (χ4n) is 2.80. The van der Waals surface area contributed by atoms with Gasteiger partial charge in [0.1, 0.15) is 6.61 Å². The molecule has 0 aliphatic carbocycles. The normalized spacial score (nSPS) is 17.8. The van der Waals surface area contributed by atoms with Crippen LogP contribution in [0, 0.1) is 0 Å². The molecule has 0 N–H and O–H groups in total. The maximum atomic E-state index is 12.6. The highest BCUT2D eigenvalue weighted by Crippen LogP contribution is 2.26. The van der Waals surface area contributed by atoms with Crippen molar-refractivity contribution in [2.75, 3.05) is 27.3 Å². The minimum absolute atomic E-state index is 0.0459. The number of amides is 1. The molecule has 1 saturated heterocycles. The van der Waals surface area contributed by atoms with Crippen LogP contribution in [-0.2, 0) is 11.3 Å². The zero-order chi connectivity index (χ0) is 16.9. The monoisotopic (exact) mass is 332 g/mol. The largest absolute Gasteiger partial charge is 0.481 e. The van der Waals surface area contributed by atoms with E-state index in [1.54, 1.807) is 26.4 Å². The predicted octanol–water partition coefficient (Wildman–Crippen LogP) is 1.64. The Hall–Kier alpha value is -2.48. The van der Waals surface area contributed by atoms with Gasteiger partial charge < -0.3 is 18.9 Å². The second kappa shape index (κ2) is 7.39. The molecule has 8 heteroatoms. The van der Waals surface area contributed by atoms with E-state index in [4.69, 9.17) is 14.0 Å². The van der Waals surface area contributed by atoms with Crippen molar-refractivity contribution in [3.05, 3.63) is 35.6 Å². The van der Waals surface area contributed by atoms with Gasteiger partial charge in [-0.3, -0.25) is 4.79 Å². The number of hydrogen-bond donors (Lipinski definition) is 0. The first-order chi connectivity index (χ1) is 11.7. The minimum Gasteiger partial charge on any atom is -0.481 e. The van der Waals surface area contributed by atoms with Gasteiger partial charge in [0, 0.05) is 38.4 Å². The Morgan fingerprint density at radius 2 is 2.29 bits per heavy atom. The zero-order valence-corrected chi connectivity index (χ0v) is 13.8. The van der Waals surface area contributed by atoms with Gasteiger partial charge in [0.25, 0.3) is 11.8 Å². The Labute approximate surface area is 139 Å². The summed E-state index contributed by atoms with van der Waals surface area (Å²) in [5, 5.41) is 4.01. The highest BCUT2D eigenvalue weighted by molar-refractivity contribution is 5.94. The molecule has 2 aromatic heterocycles. The Balaban J connectivity index is 1.68. The number of rotatable bonds is 5. The topological polar surface area (TPSA) is 90.6 Å². The molecule has 2 aromatic rings. The van der Waals surface area contributed by atoms with Gasteiger partial charge in [0.05, 0.1) is 12.7 Å². The van der Waals surface area contributed by atoms with E-state index in [0.717, 1.165) is 12.8 Å². The Morgan fingerprint density at radius 1 is 1.42 bits per heavy atom. The Kier molecular flexibility index (Phi) is 5.05. The molecule has 1 atom stereocenters. The van der Waals surface area contributed by atoms with E-state index in [0.29, 0.717) is 42.9 Å². The summed E-state index contributed by atoms with van der Waals surface area (Å²) < 4.78 is 15.2. The van der Waals surface area contributed by atoms with E-state index in [1.165, 1.54) is 6.20 Å². The minimum atomic E-state index is -0.0459. The third-order valence-corrected chi connectivity index (χ3v) is 4.02. The summed E-state index contributed by atoms with van der Waals surface area (Å²) in [6.45, 7) is 1.57. The molecule has 0 radical (unpaired) electrons. The predicted molar refractivity (Wildman–Crippen MR) is 83.7 cm³/mol. The zero-order valence-electron chi connectivity index (χ0n) is 13.8. The average molecular weight is 332 g/mol. The van der Waals surface area contributed by atoms with Crippen LogP contribution in [0.15, 0.2) is 22.9 Å². The van der Waals surface area contributed by atoms with Crippen LogP contribution < -0.4 is 4.74 Å². The fourth-order valence-corrected chi connectivity index (χ4v) is 2.80. The molecule has 128 valence electrons. The van der Waals surface area contributed by atoms with Crippen LogP contribution in [-0.4, -0.2) is 53.2 Å². The van der Waals surface area contributed by atoms with Gasteiger partial charge in [0.2, 0.25) is 5.88 Å². The number of nitrogens with zero attached hydrogens (tertiary/aromatic N) is 4. The lowest BCUT2D eigenvalue weighted by atomic mass is 9.97. The Morgan fingerprint density at radius 3 is 3.00 bits per heavy atom. The van der Waals surface area contributed by atoms with Crippen LogP contribution in [0.4, 0.5) is 0 Å². The number of methoxy groups -OCH3 is 2. The average Bonchev–Trinajstić information content (AvgIpc) is 3.10. The van der Waals surface area contributed by atoms with E-state index in [2.05, 4.69) is 15.1 Å². The lowest BCUT2D eigenvalue weighted by Crippen LogP contribution is -2.39. The summed E-state index contributed by atoms with van der Waals surface area (Å²) in [5.74, 6) is 1.60. The molecule has 1 unspecified atom stereocenters. The molecule has 1 aliphatic rings. The van der Waals surface area contributed by atoms with Crippen LogP contribution in [0.2, 0.25) is 0 Å². The second-order valence-electron chi connectivity index (χ2n) is 5.66. The van der Waals surface area contributed by atoms with Crippen molar-refractivity contribution in [1.82, 2.24) is 20.0 Å². The smallest absolute Gasteiger partial charge is 0.255 e. The molecule has 24 heavy (non-hydrogen) atoms. The number of carbonyl (C=O) groups is 1. The molecule has 3 rings (SSSR count). The quantitative estimate of drug-likeness (QED) is 0.822. The molecule has 8 nitrogen and oxygen atoms in total. The van der Waals surface area contributed by atoms with Crippen molar-refractivity contribution in [3.63, 3.8) is 0 Å². The van der Waals surface area contributed by atoms with Crippen molar-refractivity contribution in [2.45, 2.75) is 25.4 Å². The number of likely N-dealkylation sites (tertiary alicyclic amines) is 1. The number of hydrogen-bond acceptors (Lipinski definition) is 7. The fraction of sp³-hybridized carbons (Fsp3) is 0.500. The van der Waals surface area contributed by atoms with E-state index in [1.807, 2.05) is 4.90 Å². The van der Waals surface area contributed by atoms with Gasteiger partial charge in [0.15, 0.2) is 5.82 Å². The van der Waals surface area contributed by atoms with E-state index >= 15 is 0 Å². The van der Waals surface area contributed by atoms with Gasteiger partial charge in [-0.1, -0.05) is 5.16 Å². The molecule has 1 fully saturated rings. The van der Waals surface area contributed by atoms with Gasteiger partial charge in [-0.25, -0.2) is 4.98 Å². The number of pyridine rings is 1. The van der Waals surface area contributed by atoms with Crippen LogP contribution >= 0.6 is 0 Å². The summed E-state index contributed by atoms with van der Waals surface area (Å²) >= 11 is 0. The second-order valence-corrected chi connectivity index (χ2v) is 5.66. The van der Waals surface area contributed by atoms with Crippen molar-refractivity contribution in [2.24, 2.45) is 0 Å². The van der Waals surface area contributed by atoms with Gasteiger partial charge >= 0.3 is 0 Å². The summed E-state index contributed by atoms with van der Waals surface area (Å²) in [6, 6.07) is 3.41. The first-order valence-electron chi connectivity index (χ1n) is 7.82. The third kappa shape index (κ3) is 3.53. The standard InChI is InChI=1S/C16H20N4O4/c1-22-10-14-18-15(19-24-14)12-4-3-7-20(9-12)16(21)11-5-6-13(23-2)17-8-11/h5-6,8,12H,3-4,7,9-10H2,1-2H3. The van der Waals surface area contributed by atoms with Crippen LogP contribution in [0.5, 0.6) is 5.88 Å². The molecule has 3 heterocycles. The summed E-state index contributed by atoms with van der Waals surface area (Å²) in [7, 11) is 3.12. The van der Waals surface area contributed by atoms with Crippen molar-refractivity contribution in [1.29, 1.82) is 0 Å². The van der Waals surface area contributed by atoms with Gasteiger partial charge in [-0.05, 0) is 18.9 Å². The highest BCUT2D eigenvalue weighted by Gasteiger charge is 2.28. The van der Waals surface area contributed by atoms with Crippen molar-refractivity contribution >= 4 is 5.91 Å².